The average Bonchev–Trinajstić information content (AvgIpc) is 2.73. The SMILES string of the molecule is OCC(Cc1ccc(Cl)s1)c1ccccc1Br. The van der Waals surface area contributed by atoms with E-state index >= 15 is 0 Å². The number of aliphatic hydroxyl groups excluding tert-OH is 1. The van der Waals surface area contributed by atoms with Gasteiger partial charge in [-0.2, -0.15) is 0 Å². The molecule has 0 bridgehead atoms. The maximum atomic E-state index is 9.52. The van der Waals surface area contributed by atoms with E-state index < -0.39 is 0 Å². The number of benzene rings is 1. The third kappa shape index (κ3) is 3.32. The molecule has 90 valence electrons. The molecule has 0 aliphatic heterocycles. The normalized spacial score (nSPS) is 12.6. The van der Waals surface area contributed by atoms with Crippen molar-refractivity contribution in [1.29, 1.82) is 0 Å². The van der Waals surface area contributed by atoms with Crippen molar-refractivity contribution in [1.82, 2.24) is 0 Å². The topological polar surface area (TPSA) is 20.2 Å². The average molecular weight is 332 g/mol. The first-order valence-corrected chi connectivity index (χ1v) is 7.29. The summed E-state index contributed by atoms with van der Waals surface area (Å²) in [5.41, 5.74) is 1.14. The zero-order chi connectivity index (χ0) is 12.3. The lowest BCUT2D eigenvalue weighted by Crippen LogP contribution is -2.07. The summed E-state index contributed by atoms with van der Waals surface area (Å²) in [6.45, 7) is 0.137. The minimum Gasteiger partial charge on any atom is -0.396 e. The van der Waals surface area contributed by atoms with Gasteiger partial charge < -0.3 is 5.11 Å². The molecule has 1 aromatic carbocycles. The van der Waals surface area contributed by atoms with E-state index in [4.69, 9.17) is 11.6 Å². The van der Waals surface area contributed by atoms with E-state index in [-0.39, 0.29) is 12.5 Å². The molecule has 2 aromatic rings. The van der Waals surface area contributed by atoms with Gasteiger partial charge >= 0.3 is 0 Å². The minimum absolute atomic E-state index is 0.111. The van der Waals surface area contributed by atoms with Crippen molar-refractivity contribution in [3.8, 4) is 0 Å². The molecule has 0 aliphatic rings. The van der Waals surface area contributed by atoms with Crippen LogP contribution in [0.4, 0.5) is 0 Å². The molecule has 0 spiro atoms. The summed E-state index contributed by atoms with van der Waals surface area (Å²) in [4.78, 5) is 1.20. The maximum Gasteiger partial charge on any atom is 0.0931 e. The summed E-state index contributed by atoms with van der Waals surface area (Å²) in [6.07, 6.45) is 0.816. The van der Waals surface area contributed by atoms with Gasteiger partial charge in [-0.15, -0.1) is 11.3 Å². The van der Waals surface area contributed by atoms with Crippen LogP contribution in [0.15, 0.2) is 40.9 Å². The number of aliphatic hydroxyl groups is 1. The lowest BCUT2D eigenvalue weighted by atomic mass is 9.96. The zero-order valence-corrected chi connectivity index (χ0v) is 12.2. The van der Waals surface area contributed by atoms with Gasteiger partial charge in [0.05, 0.1) is 10.9 Å². The standard InChI is InChI=1S/C13H12BrClOS/c14-12-4-2-1-3-11(12)9(8-16)7-10-5-6-13(15)17-10/h1-6,9,16H,7-8H2. The number of rotatable bonds is 4. The van der Waals surface area contributed by atoms with Gasteiger partial charge in [-0.1, -0.05) is 45.7 Å². The number of hydrogen-bond acceptors (Lipinski definition) is 2. The van der Waals surface area contributed by atoms with Crippen molar-refractivity contribution >= 4 is 38.9 Å². The van der Waals surface area contributed by atoms with Crippen LogP contribution in [0.3, 0.4) is 0 Å². The molecule has 0 fully saturated rings. The summed E-state index contributed by atoms with van der Waals surface area (Å²) in [5, 5.41) is 9.52. The third-order valence-electron chi connectivity index (χ3n) is 2.64. The van der Waals surface area contributed by atoms with Crippen LogP contribution < -0.4 is 0 Å². The van der Waals surface area contributed by atoms with Crippen LogP contribution >= 0.6 is 38.9 Å². The second-order valence-corrected chi connectivity index (χ2v) is 6.46. The van der Waals surface area contributed by atoms with Gasteiger partial charge in [0.25, 0.3) is 0 Å². The molecule has 0 saturated heterocycles. The zero-order valence-electron chi connectivity index (χ0n) is 9.07. The Morgan fingerprint density at radius 1 is 1.24 bits per heavy atom. The quantitative estimate of drug-likeness (QED) is 0.875. The minimum atomic E-state index is 0.111. The lowest BCUT2D eigenvalue weighted by molar-refractivity contribution is 0.264. The second kappa shape index (κ2) is 6.01. The number of hydrogen-bond donors (Lipinski definition) is 1. The molecular formula is C13H12BrClOS. The Bertz CT molecular complexity index is 498. The fourth-order valence-electron chi connectivity index (χ4n) is 1.78. The molecule has 1 N–H and O–H groups in total. The molecule has 2 rings (SSSR count). The van der Waals surface area contributed by atoms with Crippen LogP contribution in [0.1, 0.15) is 16.4 Å². The molecule has 0 saturated carbocycles. The van der Waals surface area contributed by atoms with Gasteiger partial charge in [0.1, 0.15) is 0 Å². The summed E-state index contributed by atoms with van der Waals surface area (Å²) in [7, 11) is 0. The maximum absolute atomic E-state index is 9.52. The van der Waals surface area contributed by atoms with Crippen molar-refractivity contribution in [2.75, 3.05) is 6.61 Å². The first-order chi connectivity index (χ1) is 8.20. The van der Waals surface area contributed by atoms with E-state index in [9.17, 15) is 5.11 Å². The molecule has 1 heterocycles. The van der Waals surface area contributed by atoms with E-state index in [2.05, 4.69) is 15.9 Å². The number of halogens is 2. The highest BCUT2D eigenvalue weighted by molar-refractivity contribution is 9.10. The predicted molar refractivity (Wildman–Crippen MR) is 77.0 cm³/mol. The Labute approximate surface area is 118 Å². The van der Waals surface area contributed by atoms with Crippen molar-refractivity contribution < 1.29 is 5.11 Å². The van der Waals surface area contributed by atoms with Crippen LogP contribution in [0, 0.1) is 0 Å². The summed E-state index contributed by atoms with van der Waals surface area (Å²) >= 11 is 11.0. The summed E-state index contributed by atoms with van der Waals surface area (Å²) in [5.74, 6) is 0.111. The highest BCUT2D eigenvalue weighted by atomic mass is 79.9. The molecule has 1 atom stereocenters. The van der Waals surface area contributed by atoms with Crippen LogP contribution in [0.25, 0.3) is 0 Å². The number of thiophene rings is 1. The van der Waals surface area contributed by atoms with E-state index in [0.717, 1.165) is 20.8 Å². The highest BCUT2D eigenvalue weighted by Gasteiger charge is 2.15. The fourth-order valence-corrected chi connectivity index (χ4v) is 3.56. The van der Waals surface area contributed by atoms with Crippen LogP contribution in [-0.2, 0) is 6.42 Å². The monoisotopic (exact) mass is 330 g/mol. The fraction of sp³-hybridized carbons (Fsp3) is 0.231. The Morgan fingerprint density at radius 3 is 2.59 bits per heavy atom. The van der Waals surface area contributed by atoms with Gasteiger partial charge in [0, 0.05) is 15.3 Å². The van der Waals surface area contributed by atoms with Crippen molar-refractivity contribution in [3.63, 3.8) is 0 Å². The van der Waals surface area contributed by atoms with Gasteiger partial charge in [-0.05, 0) is 30.2 Å². The summed E-state index contributed by atoms with van der Waals surface area (Å²) in [6, 6.07) is 11.9. The molecule has 0 aliphatic carbocycles. The van der Waals surface area contributed by atoms with Crippen molar-refractivity contribution in [2.45, 2.75) is 12.3 Å². The van der Waals surface area contributed by atoms with Crippen LogP contribution in [0.5, 0.6) is 0 Å². The Hall–Kier alpha value is -0.350. The van der Waals surface area contributed by atoms with E-state index in [1.165, 1.54) is 4.88 Å². The van der Waals surface area contributed by atoms with Crippen molar-refractivity contribution in [3.05, 3.63) is 55.6 Å². The van der Waals surface area contributed by atoms with Gasteiger partial charge in [0.2, 0.25) is 0 Å². The Balaban J connectivity index is 2.20. The smallest absolute Gasteiger partial charge is 0.0931 e. The Kier molecular flexibility index (Phi) is 4.62. The molecule has 1 unspecified atom stereocenters. The Morgan fingerprint density at radius 2 is 2.00 bits per heavy atom. The van der Waals surface area contributed by atoms with Gasteiger partial charge in [-0.25, -0.2) is 0 Å². The van der Waals surface area contributed by atoms with Crippen LogP contribution in [0.2, 0.25) is 4.34 Å². The van der Waals surface area contributed by atoms with Gasteiger partial charge in [0.15, 0.2) is 0 Å². The molecule has 4 heteroatoms. The summed E-state index contributed by atoms with van der Waals surface area (Å²) < 4.78 is 1.84. The van der Waals surface area contributed by atoms with Gasteiger partial charge in [-0.3, -0.25) is 0 Å². The third-order valence-corrected chi connectivity index (χ3v) is 4.62. The first-order valence-electron chi connectivity index (χ1n) is 5.30. The van der Waals surface area contributed by atoms with E-state index in [0.29, 0.717) is 0 Å². The molecule has 1 nitrogen and oxygen atoms in total. The van der Waals surface area contributed by atoms with Crippen LogP contribution in [-0.4, -0.2) is 11.7 Å². The van der Waals surface area contributed by atoms with E-state index in [1.807, 2.05) is 36.4 Å². The molecule has 1 aromatic heterocycles. The largest absolute Gasteiger partial charge is 0.396 e. The van der Waals surface area contributed by atoms with Crippen molar-refractivity contribution in [2.24, 2.45) is 0 Å². The first kappa shape index (κ1) is 13.1. The molecule has 0 amide bonds. The molecule has 0 radical (unpaired) electrons. The molecular weight excluding hydrogens is 320 g/mol. The second-order valence-electron chi connectivity index (χ2n) is 3.81. The van der Waals surface area contributed by atoms with E-state index in [1.54, 1.807) is 11.3 Å². The highest BCUT2D eigenvalue weighted by Crippen LogP contribution is 2.30. The molecule has 17 heavy (non-hydrogen) atoms. The predicted octanol–water partition coefficient (Wildman–Crippen LogP) is 4.48. The lowest BCUT2D eigenvalue weighted by Gasteiger charge is -2.15.